The minimum absolute atomic E-state index is 0.632. The first kappa shape index (κ1) is 19.7. The monoisotopic (exact) mass is 366 g/mol. The lowest BCUT2D eigenvalue weighted by Gasteiger charge is -2.38. The first-order valence-corrected chi connectivity index (χ1v) is 9.45. The molecule has 0 spiro atoms. The van der Waals surface area contributed by atoms with E-state index in [0.29, 0.717) is 5.56 Å². The third kappa shape index (κ3) is 4.96. The van der Waals surface area contributed by atoms with Gasteiger partial charge in [0.05, 0.1) is 11.6 Å². The maximum absolute atomic E-state index is 8.98. The van der Waals surface area contributed by atoms with E-state index in [1.807, 2.05) is 32.0 Å². The highest BCUT2D eigenvalue weighted by Gasteiger charge is 2.20. The second-order valence-electron chi connectivity index (χ2n) is 5.88. The lowest BCUT2D eigenvalue weighted by Crippen LogP contribution is -2.50. The van der Waals surface area contributed by atoms with Crippen LogP contribution in [0.1, 0.15) is 25.0 Å². The highest BCUT2D eigenvalue weighted by atomic mass is 32.1. The smallest absolute Gasteiger partial charge is 0.173 e. The second-order valence-corrected chi connectivity index (χ2v) is 6.27. The Bertz CT molecular complexity index is 774. The van der Waals surface area contributed by atoms with Crippen LogP contribution in [0, 0.1) is 18.3 Å². The highest BCUT2D eigenvalue weighted by Crippen LogP contribution is 2.21. The highest BCUT2D eigenvalue weighted by molar-refractivity contribution is 7.80. The molecule has 136 valence electrons. The summed E-state index contributed by atoms with van der Waals surface area (Å²) in [6.45, 7) is 9.82. The Hall–Kier alpha value is -2.58. The number of nitrogens with zero attached hydrogens (tertiary/aromatic N) is 3. The third-order valence-corrected chi connectivity index (χ3v) is 4.63. The third-order valence-electron chi connectivity index (χ3n) is 4.27. The number of hydrogen-bond donors (Lipinski definition) is 1. The molecule has 1 N–H and O–H groups in total. The van der Waals surface area contributed by atoms with Crippen molar-refractivity contribution in [1.82, 2.24) is 4.90 Å². The topological polar surface area (TPSA) is 42.3 Å². The van der Waals surface area contributed by atoms with Crippen molar-refractivity contribution < 1.29 is 0 Å². The van der Waals surface area contributed by atoms with Crippen LogP contribution in [0.25, 0.3) is 0 Å². The minimum Gasteiger partial charge on any atom is -0.368 e. The first-order chi connectivity index (χ1) is 12.7. The molecule has 1 heterocycles. The number of nitriles is 1. The zero-order chi connectivity index (χ0) is 18.9. The molecule has 1 aliphatic rings. The minimum atomic E-state index is 0.632. The van der Waals surface area contributed by atoms with Crippen molar-refractivity contribution in [2.24, 2.45) is 0 Å². The number of nitrogens with one attached hydrogen (secondary N) is 1. The summed E-state index contributed by atoms with van der Waals surface area (Å²) in [5, 5.41) is 12.9. The van der Waals surface area contributed by atoms with Crippen molar-refractivity contribution in [3.63, 3.8) is 0 Å². The predicted molar refractivity (Wildman–Crippen MR) is 114 cm³/mol. The maximum atomic E-state index is 8.98. The van der Waals surface area contributed by atoms with Crippen molar-refractivity contribution in [3.8, 4) is 6.07 Å². The largest absolute Gasteiger partial charge is 0.368 e. The van der Waals surface area contributed by atoms with Crippen LogP contribution >= 0.6 is 12.2 Å². The molecule has 0 aliphatic carbocycles. The zero-order valence-electron chi connectivity index (χ0n) is 15.7. The van der Waals surface area contributed by atoms with Crippen molar-refractivity contribution in [2.75, 3.05) is 36.4 Å². The fourth-order valence-corrected chi connectivity index (χ4v) is 3.24. The molecule has 0 saturated carbocycles. The van der Waals surface area contributed by atoms with E-state index in [9.17, 15) is 0 Å². The van der Waals surface area contributed by atoms with Gasteiger partial charge in [-0.3, -0.25) is 0 Å². The van der Waals surface area contributed by atoms with E-state index >= 15 is 0 Å². The molecule has 1 aliphatic heterocycles. The van der Waals surface area contributed by atoms with E-state index < -0.39 is 0 Å². The van der Waals surface area contributed by atoms with Crippen LogP contribution in [0.3, 0.4) is 0 Å². The molecule has 4 nitrogen and oxygen atoms in total. The summed E-state index contributed by atoms with van der Waals surface area (Å²) in [7, 11) is 0. The summed E-state index contributed by atoms with van der Waals surface area (Å²) in [6, 6.07) is 18.0. The lowest BCUT2D eigenvalue weighted by molar-refractivity contribution is 0.390. The molecule has 0 atom stereocenters. The van der Waals surface area contributed by atoms with Gasteiger partial charge in [-0.15, -0.1) is 0 Å². The van der Waals surface area contributed by atoms with Crippen LogP contribution in [0.4, 0.5) is 11.4 Å². The number of aryl methyl sites for hydroxylation is 1. The van der Waals surface area contributed by atoms with E-state index in [1.165, 1.54) is 11.3 Å². The Balaban J connectivity index is 0.00000117. The van der Waals surface area contributed by atoms with Gasteiger partial charge in [-0.05, 0) is 49.0 Å². The van der Waals surface area contributed by atoms with Gasteiger partial charge in [-0.25, -0.2) is 0 Å². The van der Waals surface area contributed by atoms with Crippen LogP contribution in [0.15, 0.2) is 48.5 Å². The number of rotatable bonds is 2. The maximum Gasteiger partial charge on any atom is 0.173 e. The molecule has 2 aromatic rings. The average molecular weight is 367 g/mol. The molecule has 0 bridgehead atoms. The summed E-state index contributed by atoms with van der Waals surface area (Å²) in [5.74, 6) is 0. The summed E-state index contributed by atoms with van der Waals surface area (Å²) in [5.41, 5.74) is 4.10. The SMILES string of the molecule is CC.Cc1ccccc1N1CCN(C(=S)Nc2cccc(C#N)c2)CC1. The first-order valence-electron chi connectivity index (χ1n) is 9.04. The van der Waals surface area contributed by atoms with Crippen LogP contribution in [0.5, 0.6) is 0 Å². The summed E-state index contributed by atoms with van der Waals surface area (Å²) in [6.07, 6.45) is 0. The van der Waals surface area contributed by atoms with E-state index in [4.69, 9.17) is 17.5 Å². The molecule has 0 aromatic heterocycles. The molecule has 3 rings (SSSR count). The van der Waals surface area contributed by atoms with Gasteiger partial charge in [0.2, 0.25) is 0 Å². The molecule has 2 aromatic carbocycles. The van der Waals surface area contributed by atoms with E-state index in [-0.39, 0.29) is 0 Å². The van der Waals surface area contributed by atoms with Crippen molar-refractivity contribution in [3.05, 3.63) is 59.7 Å². The Labute approximate surface area is 162 Å². The zero-order valence-corrected chi connectivity index (χ0v) is 16.5. The fraction of sp³-hybridized carbons (Fsp3) is 0.333. The Kier molecular flexibility index (Phi) is 7.43. The quantitative estimate of drug-likeness (QED) is 0.797. The van der Waals surface area contributed by atoms with Gasteiger partial charge in [0, 0.05) is 37.6 Å². The van der Waals surface area contributed by atoms with Crippen LogP contribution in [-0.4, -0.2) is 36.2 Å². The standard InChI is InChI=1S/C19H20N4S.C2H6/c1-15-5-2-3-8-18(15)22-9-11-23(12-10-22)19(24)21-17-7-4-6-16(13-17)14-20;1-2/h2-8,13H,9-12H2,1H3,(H,21,24);1-2H3. The number of anilines is 2. The van der Waals surface area contributed by atoms with Crippen LogP contribution in [-0.2, 0) is 0 Å². The predicted octanol–water partition coefficient (Wildman–Crippen LogP) is 4.41. The molecule has 26 heavy (non-hydrogen) atoms. The number of thiocarbonyl (C=S) groups is 1. The molecule has 0 amide bonds. The Morgan fingerprint density at radius 2 is 1.73 bits per heavy atom. The Morgan fingerprint density at radius 3 is 2.38 bits per heavy atom. The van der Waals surface area contributed by atoms with Gasteiger partial charge in [0.25, 0.3) is 0 Å². The summed E-state index contributed by atoms with van der Waals surface area (Å²) < 4.78 is 0. The number of benzene rings is 2. The van der Waals surface area contributed by atoms with Crippen molar-refractivity contribution in [1.29, 1.82) is 5.26 Å². The summed E-state index contributed by atoms with van der Waals surface area (Å²) in [4.78, 5) is 4.59. The van der Waals surface area contributed by atoms with Gasteiger partial charge in [-0.1, -0.05) is 38.1 Å². The summed E-state index contributed by atoms with van der Waals surface area (Å²) >= 11 is 5.53. The van der Waals surface area contributed by atoms with Gasteiger partial charge in [-0.2, -0.15) is 5.26 Å². The number of para-hydroxylation sites is 1. The molecule has 1 saturated heterocycles. The normalized spacial score (nSPS) is 13.3. The molecule has 1 fully saturated rings. The fourth-order valence-electron chi connectivity index (χ4n) is 2.94. The number of piperazine rings is 1. The second kappa shape index (κ2) is 9.79. The van der Waals surface area contributed by atoms with Crippen molar-refractivity contribution >= 4 is 28.7 Å². The van der Waals surface area contributed by atoms with E-state index in [0.717, 1.165) is 37.0 Å². The molecular weight excluding hydrogens is 340 g/mol. The molecule has 5 heteroatoms. The van der Waals surface area contributed by atoms with E-state index in [2.05, 4.69) is 52.4 Å². The number of hydrogen-bond acceptors (Lipinski definition) is 3. The van der Waals surface area contributed by atoms with Crippen molar-refractivity contribution in [2.45, 2.75) is 20.8 Å². The van der Waals surface area contributed by atoms with Gasteiger partial charge in [0.15, 0.2) is 5.11 Å². The lowest BCUT2D eigenvalue weighted by atomic mass is 10.1. The molecular formula is C21H26N4S. The van der Waals surface area contributed by atoms with Gasteiger partial charge >= 0.3 is 0 Å². The van der Waals surface area contributed by atoms with Crippen LogP contribution in [0.2, 0.25) is 0 Å². The Morgan fingerprint density at radius 1 is 1.04 bits per heavy atom. The van der Waals surface area contributed by atoms with Gasteiger partial charge in [0.1, 0.15) is 0 Å². The molecule has 0 unspecified atom stereocenters. The van der Waals surface area contributed by atoms with Crippen LogP contribution < -0.4 is 10.2 Å². The average Bonchev–Trinajstić information content (AvgIpc) is 2.70. The van der Waals surface area contributed by atoms with E-state index in [1.54, 1.807) is 6.07 Å². The molecule has 0 radical (unpaired) electrons. The van der Waals surface area contributed by atoms with Gasteiger partial charge < -0.3 is 15.1 Å².